The van der Waals surface area contributed by atoms with Gasteiger partial charge in [-0.15, -0.1) is 0 Å². The van der Waals surface area contributed by atoms with Crippen molar-refractivity contribution < 1.29 is 14.0 Å². The number of benzene rings is 2. The van der Waals surface area contributed by atoms with Crippen molar-refractivity contribution in [3.8, 4) is 0 Å². The van der Waals surface area contributed by atoms with Crippen molar-refractivity contribution in [2.45, 2.75) is 19.4 Å². The molecule has 0 spiro atoms. The third-order valence-corrected chi connectivity index (χ3v) is 3.93. The van der Waals surface area contributed by atoms with E-state index in [0.717, 1.165) is 11.3 Å². The van der Waals surface area contributed by atoms with Gasteiger partial charge in [0.25, 0.3) is 0 Å². The van der Waals surface area contributed by atoms with E-state index in [9.17, 15) is 14.0 Å². The van der Waals surface area contributed by atoms with E-state index in [1.165, 1.54) is 12.1 Å². The van der Waals surface area contributed by atoms with E-state index in [-0.39, 0.29) is 24.1 Å². The Balaban J connectivity index is 1.61. The van der Waals surface area contributed by atoms with Gasteiger partial charge in [-0.25, -0.2) is 9.18 Å². The van der Waals surface area contributed by atoms with Crippen molar-refractivity contribution in [3.05, 3.63) is 59.9 Å². The number of urea groups is 1. The number of nitrogens with one attached hydrogen (secondary N) is 2. The van der Waals surface area contributed by atoms with Crippen LogP contribution >= 0.6 is 0 Å². The third kappa shape index (κ3) is 3.53. The van der Waals surface area contributed by atoms with Gasteiger partial charge in [0.15, 0.2) is 0 Å². The predicted molar refractivity (Wildman–Crippen MR) is 90.5 cm³/mol. The summed E-state index contributed by atoms with van der Waals surface area (Å²) >= 11 is 0. The Morgan fingerprint density at radius 2 is 1.88 bits per heavy atom. The highest BCUT2D eigenvalue weighted by Gasteiger charge is 2.31. The van der Waals surface area contributed by atoms with Gasteiger partial charge in [-0.05, 0) is 31.2 Å². The van der Waals surface area contributed by atoms with Gasteiger partial charge in [-0.1, -0.05) is 29.8 Å². The number of anilines is 2. The van der Waals surface area contributed by atoms with Crippen molar-refractivity contribution in [2.75, 3.05) is 16.8 Å². The van der Waals surface area contributed by atoms with Gasteiger partial charge in [-0.3, -0.25) is 4.79 Å². The maximum Gasteiger partial charge on any atom is 0.319 e. The number of hydrogen-bond acceptors (Lipinski definition) is 2. The molecular weight excluding hydrogens is 309 g/mol. The maximum atomic E-state index is 13.5. The zero-order valence-electron chi connectivity index (χ0n) is 13.3. The molecule has 1 aliphatic heterocycles. The summed E-state index contributed by atoms with van der Waals surface area (Å²) in [6.07, 6.45) is 0.221. The Hall–Kier alpha value is -2.89. The van der Waals surface area contributed by atoms with Crippen molar-refractivity contribution in [1.82, 2.24) is 5.32 Å². The molecule has 0 bridgehead atoms. The van der Waals surface area contributed by atoms with Crippen molar-refractivity contribution in [3.63, 3.8) is 0 Å². The molecule has 124 valence electrons. The molecule has 24 heavy (non-hydrogen) atoms. The second-order valence-corrected chi connectivity index (χ2v) is 5.82. The second-order valence-electron chi connectivity index (χ2n) is 5.82. The SMILES string of the molecule is Cc1ccc(N2CC(NC(=O)Nc3ccccc3F)CC2=O)cc1. The van der Waals surface area contributed by atoms with Crippen molar-refractivity contribution in [2.24, 2.45) is 0 Å². The Morgan fingerprint density at radius 1 is 1.17 bits per heavy atom. The Bertz CT molecular complexity index is 761. The summed E-state index contributed by atoms with van der Waals surface area (Å²) in [7, 11) is 0. The molecule has 0 aliphatic carbocycles. The molecule has 3 rings (SSSR count). The first-order chi connectivity index (χ1) is 11.5. The smallest absolute Gasteiger partial charge is 0.319 e. The lowest BCUT2D eigenvalue weighted by atomic mass is 10.2. The Morgan fingerprint density at radius 3 is 2.58 bits per heavy atom. The van der Waals surface area contributed by atoms with E-state index in [1.807, 2.05) is 31.2 Å². The van der Waals surface area contributed by atoms with Crippen LogP contribution < -0.4 is 15.5 Å². The van der Waals surface area contributed by atoms with E-state index < -0.39 is 11.8 Å². The molecule has 2 aromatic carbocycles. The van der Waals surface area contributed by atoms with Gasteiger partial charge in [-0.2, -0.15) is 0 Å². The molecule has 1 unspecified atom stereocenters. The first-order valence-electron chi connectivity index (χ1n) is 7.72. The fourth-order valence-corrected chi connectivity index (χ4v) is 2.68. The van der Waals surface area contributed by atoms with Crippen LogP contribution in [0.5, 0.6) is 0 Å². The number of halogens is 1. The van der Waals surface area contributed by atoms with Crippen LogP contribution in [-0.2, 0) is 4.79 Å². The molecule has 0 radical (unpaired) electrons. The summed E-state index contributed by atoms with van der Waals surface area (Å²) < 4.78 is 13.5. The lowest BCUT2D eigenvalue weighted by Gasteiger charge is -2.17. The standard InChI is InChI=1S/C18H18FN3O2/c1-12-6-8-14(9-7-12)22-11-13(10-17(22)23)20-18(24)21-16-5-3-2-4-15(16)19/h2-9,13H,10-11H2,1H3,(H2,20,21,24). The summed E-state index contributed by atoms with van der Waals surface area (Å²) in [4.78, 5) is 25.8. The van der Waals surface area contributed by atoms with Gasteiger partial charge in [0, 0.05) is 18.7 Å². The number of amides is 3. The van der Waals surface area contributed by atoms with E-state index in [2.05, 4.69) is 10.6 Å². The zero-order valence-corrected chi connectivity index (χ0v) is 13.3. The van der Waals surface area contributed by atoms with Gasteiger partial charge in [0.2, 0.25) is 5.91 Å². The van der Waals surface area contributed by atoms with E-state index >= 15 is 0 Å². The van der Waals surface area contributed by atoms with Crippen LogP contribution in [0.15, 0.2) is 48.5 Å². The van der Waals surface area contributed by atoms with E-state index in [0.29, 0.717) is 6.54 Å². The number of carbonyl (C=O) groups excluding carboxylic acids is 2. The highest BCUT2D eigenvalue weighted by molar-refractivity contribution is 5.97. The molecule has 1 heterocycles. The number of rotatable bonds is 3. The molecule has 1 atom stereocenters. The number of carbonyl (C=O) groups is 2. The summed E-state index contributed by atoms with van der Waals surface area (Å²) in [6, 6.07) is 12.7. The summed E-state index contributed by atoms with van der Waals surface area (Å²) in [5.74, 6) is -0.550. The number of nitrogens with zero attached hydrogens (tertiary/aromatic N) is 1. The van der Waals surface area contributed by atoms with Crippen molar-refractivity contribution in [1.29, 1.82) is 0 Å². The van der Waals surface area contributed by atoms with Gasteiger partial charge in [0.05, 0.1) is 11.7 Å². The lowest BCUT2D eigenvalue weighted by Crippen LogP contribution is -2.39. The van der Waals surface area contributed by atoms with Gasteiger partial charge in [0.1, 0.15) is 5.82 Å². The monoisotopic (exact) mass is 327 g/mol. The summed E-state index contributed by atoms with van der Waals surface area (Å²) in [5, 5.41) is 5.18. The van der Waals surface area contributed by atoms with Crippen LogP contribution in [0.4, 0.5) is 20.6 Å². The largest absolute Gasteiger partial charge is 0.333 e. The molecule has 0 aromatic heterocycles. The van der Waals surface area contributed by atoms with E-state index in [4.69, 9.17) is 0 Å². The predicted octanol–water partition coefficient (Wildman–Crippen LogP) is 3.06. The van der Waals surface area contributed by atoms with E-state index in [1.54, 1.807) is 17.0 Å². The zero-order chi connectivity index (χ0) is 17.1. The van der Waals surface area contributed by atoms with Gasteiger partial charge < -0.3 is 15.5 Å². The third-order valence-electron chi connectivity index (χ3n) is 3.93. The topological polar surface area (TPSA) is 61.4 Å². The average molecular weight is 327 g/mol. The molecule has 1 aliphatic rings. The first-order valence-corrected chi connectivity index (χ1v) is 7.72. The molecule has 5 nitrogen and oxygen atoms in total. The molecular formula is C18H18FN3O2. The highest BCUT2D eigenvalue weighted by Crippen LogP contribution is 2.22. The molecule has 6 heteroatoms. The fraction of sp³-hybridized carbons (Fsp3) is 0.222. The number of hydrogen-bond donors (Lipinski definition) is 2. The minimum Gasteiger partial charge on any atom is -0.333 e. The average Bonchev–Trinajstić information content (AvgIpc) is 2.90. The Kier molecular flexibility index (Phi) is 4.46. The maximum absolute atomic E-state index is 13.5. The molecule has 2 N–H and O–H groups in total. The fourth-order valence-electron chi connectivity index (χ4n) is 2.68. The summed E-state index contributed by atoms with van der Waals surface area (Å²) in [6.45, 7) is 2.37. The van der Waals surface area contributed by atoms with Crippen molar-refractivity contribution >= 4 is 23.3 Å². The lowest BCUT2D eigenvalue weighted by molar-refractivity contribution is -0.117. The van der Waals surface area contributed by atoms with Gasteiger partial charge >= 0.3 is 6.03 Å². The van der Waals surface area contributed by atoms with Crippen LogP contribution in [0.3, 0.4) is 0 Å². The second kappa shape index (κ2) is 6.70. The number of para-hydroxylation sites is 1. The molecule has 2 aromatic rings. The summed E-state index contributed by atoms with van der Waals surface area (Å²) in [5.41, 5.74) is 2.03. The minimum atomic E-state index is -0.524. The van der Waals surface area contributed by atoms with Crippen LogP contribution in [0.25, 0.3) is 0 Å². The normalized spacial score (nSPS) is 17.0. The minimum absolute atomic E-state index is 0.0463. The van der Waals surface area contributed by atoms with Crippen LogP contribution in [0.1, 0.15) is 12.0 Å². The molecule has 1 fully saturated rings. The van der Waals surface area contributed by atoms with Crippen LogP contribution in [0, 0.1) is 12.7 Å². The van der Waals surface area contributed by atoms with Crippen LogP contribution in [-0.4, -0.2) is 24.5 Å². The molecule has 0 saturated carbocycles. The van der Waals surface area contributed by atoms with Crippen LogP contribution in [0.2, 0.25) is 0 Å². The Labute approximate surface area is 139 Å². The molecule has 1 saturated heterocycles. The number of aryl methyl sites for hydroxylation is 1. The first kappa shape index (κ1) is 16.0. The highest BCUT2D eigenvalue weighted by atomic mass is 19.1. The molecule has 3 amide bonds. The quantitative estimate of drug-likeness (QED) is 0.910.